The van der Waals surface area contributed by atoms with Gasteiger partial charge in [0.05, 0.1) is 11.8 Å². The Morgan fingerprint density at radius 1 is 1.41 bits per heavy atom. The fourth-order valence-corrected chi connectivity index (χ4v) is 2.26. The quantitative estimate of drug-likeness (QED) is 0.837. The molecule has 0 bridgehead atoms. The summed E-state index contributed by atoms with van der Waals surface area (Å²) in [4.78, 5) is 2.06. The van der Waals surface area contributed by atoms with Crippen LogP contribution in [0.2, 0.25) is 0 Å². The molecule has 3 nitrogen and oxygen atoms in total. The van der Waals surface area contributed by atoms with Crippen molar-refractivity contribution >= 4 is 5.69 Å². The first-order valence-electron chi connectivity index (χ1n) is 6.09. The largest absolute Gasteiger partial charge is 0.387 e. The summed E-state index contributed by atoms with van der Waals surface area (Å²) >= 11 is 0. The summed E-state index contributed by atoms with van der Waals surface area (Å²) in [5.41, 5.74) is 1.28. The lowest BCUT2D eigenvalue weighted by atomic mass is 10.1. The molecule has 0 aliphatic carbocycles. The summed E-state index contributed by atoms with van der Waals surface area (Å²) in [6.45, 7) is 2.28. The number of aliphatic hydroxyl groups is 1. The molecule has 0 saturated carbocycles. The van der Waals surface area contributed by atoms with Gasteiger partial charge in [0, 0.05) is 19.6 Å². The average molecular weight is 238 g/mol. The summed E-state index contributed by atoms with van der Waals surface area (Å²) in [6, 6.07) is 5.02. The van der Waals surface area contributed by atoms with Gasteiger partial charge in [0.15, 0.2) is 0 Å². The van der Waals surface area contributed by atoms with Gasteiger partial charge in [-0.1, -0.05) is 6.07 Å². The molecule has 0 aromatic heterocycles. The van der Waals surface area contributed by atoms with Gasteiger partial charge in [-0.05, 0) is 37.6 Å². The highest BCUT2D eigenvalue weighted by atomic mass is 19.1. The minimum atomic E-state index is -0.651. The monoisotopic (exact) mass is 238 g/mol. The fraction of sp³-hybridized carbons (Fsp3) is 0.538. The number of nitrogens with one attached hydrogen (secondary N) is 1. The first kappa shape index (κ1) is 12.3. The van der Waals surface area contributed by atoms with Gasteiger partial charge < -0.3 is 15.3 Å². The molecule has 1 atom stereocenters. The van der Waals surface area contributed by atoms with Crippen molar-refractivity contribution in [1.29, 1.82) is 0 Å². The van der Waals surface area contributed by atoms with Crippen LogP contribution < -0.4 is 10.2 Å². The minimum Gasteiger partial charge on any atom is -0.387 e. The zero-order valence-electron chi connectivity index (χ0n) is 10.1. The highest BCUT2D eigenvalue weighted by molar-refractivity contribution is 5.50. The van der Waals surface area contributed by atoms with Crippen molar-refractivity contribution in [3.05, 3.63) is 29.6 Å². The molecule has 4 heteroatoms. The van der Waals surface area contributed by atoms with Gasteiger partial charge >= 0.3 is 0 Å². The van der Waals surface area contributed by atoms with Crippen LogP contribution in [-0.2, 0) is 0 Å². The lowest BCUT2D eigenvalue weighted by molar-refractivity contribution is 0.177. The molecule has 1 saturated heterocycles. The van der Waals surface area contributed by atoms with E-state index in [1.807, 2.05) is 0 Å². The molecule has 0 amide bonds. The molecule has 1 heterocycles. The fourth-order valence-electron chi connectivity index (χ4n) is 2.26. The van der Waals surface area contributed by atoms with Crippen LogP contribution in [0, 0.1) is 5.82 Å². The van der Waals surface area contributed by atoms with Crippen LogP contribution in [0.3, 0.4) is 0 Å². The number of likely N-dealkylation sites (N-methyl/N-ethyl adjacent to an activating group) is 1. The van der Waals surface area contributed by atoms with Crippen molar-refractivity contribution in [2.45, 2.75) is 18.9 Å². The van der Waals surface area contributed by atoms with Crippen LogP contribution in [0.5, 0.6) is 0 Å². The first-order valence-corrected chi connectivity index (χ1v) is 6.09. The molecule has 1 aromatic carbocycles. The van der Waals surface area contributed by atoms with Gasteiger partial charge in [0.25, 0.3) is 0 Å². The summed E-state index contributed by atoms with van der Waals surface area (Å²) in [6.07, 6.45) is 1.61. The van der Waals surface area contributed by atoms with Crippen LogP contribution in [0.25, 0.3) is 0 Å². The van der Waals surface area contributed by atoms with Gasteiger partial charge in [0.2, 0.25) is 0 Å². The van der Waals surface area contributed by atoms with Crippen molar-refractivity contribution in [2.24, 2.45) is 0 Å². The third kappa shape index (κ3) is 2.76. The highest BCUT2D eigenvalue weighted by Crippen LogP contribution is 2.26. The van der Waals surface area contributed by atoms with Crippen molar-refractivity contribution in [2.75, 3.05) is 31.6 Å². The van der Waals surface area contributed by atoms with Crippen molar-refractivity contribution in [3.8, 4) is 0 Å². The minimum absolute atomic E-state index is 0.237. The van der Waals surface area contributed by atoms with E-state index in [2.05, 4.69) is 10.2 Å². The van der Waals surface area contributed by atoms with E-state index in [-0.39, 0.29) is 5.82 Å². The van der Waals surface area contributed by atoms with Gasteiger partial charge in [0.1, 0.15) is 5.82 Å². The maximum absolute atomic E-state index is 13.9. The predicted molar refractivity (Wildman–Crippen MR) is 66.7 cm³/mol. The van der Waals surface area contributed by atoms with E-state index in [0.717, 1.165) is 25.9 Å². The predicted octanol–water partition coefficient (Wildman–Crippen LogP) is 1.68. The number of benzene rings is 1. The Hall–Kier alpha value is -1.13. The Balaban J connectivity index is 2.16. The van der Waals surface area contributed by atoms with Gasteiger partial charge in [-0.3, -0.25) is 0 Å². The van der Waals surface area contributed by atoms with Crippen molar-refractivity contribution in [3.63, 3.8) is 0 Å². The molecular weight excluding hydrogens is 219 g/mol. The van der Waals surface area contributed by atoms with E-state index in [0.29, 0.717) is 17.8 Å². The Morgan fingerprint density at radius 3 is 2.71 bits per heavy atom. The lowest BCUT2D eigenvalue weighted by Gasteiger charge is -2.19. The standard InChI is InChI=1S/C13H19FN2O/c1-15-9-13(17)10-4-5-12(11(14)8-10)16-6-2-3-7-16/h4-5,8,13,15,17H,2-3,6-7,9H2,1H3. The van der Waals surface area contributed by atoms with Gasteiger partial charge in [-0.25, -0.2) is 4.39 Å². The average Bonchev–Trinajstić information content (AvgIpc) is 2.82. The zero-order chi connectivity index (χ0) is 12.3. The Labute approximate surface area is 101 Å². The molecule has 1 unspecified atom stereocenters. The van der Waals surface area contributed by atoms with Crippen molar-refractivity contribution < 1.29 is 9.50 Å². The third-order valence-corrected chi connectivity index (χ3v) is 3.20. The maximum Gasteiger partial charge on any atom is 0.146 e. The molecule has 2 N–H and O–H groups in total. The van der Waals surface area contributed by atoms with Crippen molar-refractivity contribution in [1.82, 2.24) is 5.32 Å². The van der Waals surface area contributed by atoms with Gasteiger partial charge in [-0.2, -0.15) is 0 Å². The van der Waals surface area contributed by atoms with E-state index >= 15 is 0 Å². The molecule has 0 radical (unpaired) electrons. The molecule has 1 aromatic rings. The summed E-state index contributed by atoms with van der Waals surface area (Å²) in [7, 11) is 1.76. The smallest absolute Gasteiger partial charge is 0.146 e. The Bertz CT molecular complexity index is 378. The summed E-state index contributed by atoms with van der Waals surface area (Å²) in [5, 5.41) is 12.6. The van der Waals surface area contributed by atoms with Crippen LogP contribution in [0.4, 0.5) is 10.1 Å². The number of halogens is 1. The van der Waals surface area contributed by atoms with Crippen LogP contribution in [0.15, 0.2) is 18.2 Å². The molecule has 94 valence electrons. The maximum atomic E-state index is 13.9. The number of anilines is 1. The second kappa shape index (κ2) is 5.47. The number of nitrogens with zero attached hydrogens (tertiary/aromatic N) is 1. The zero-order valence-corrected chi connectivity index (χ0v) is 10.1. The number of hydrogen-bond acceptors (Lipinski definition) is 3. The topological polar surface area (TPSA) is 35.5 Å². The number of hydrogen-bond donors (Lipinski definition) is 2. The van der Waals surface area contributed by atoms with E-state index in [4.69, 9.17) is 0 Å². The Morgan fingerprint density at radius 2 is 2.12 bits per heavy atom. The molecular formula is C13H19FN2O. The second-order valence-electron chi connectivity index (χ2n) is 4.48. The van der Waals surface area contributed by atoms with Crippen LogP contribution in [-0.4, -0.2) is 31.8 Å². The van der Waals surface area contributed by atoms with E-state index in [1.165, 1.54) is 6.07 Å². The molecule has 1 aliphatic rings. The highest BCUT2D eigenvalue weighted by Gasteiger charge is 2.17. The summed E-state index contributed by atoms with van der Waals surface area (Å²) in [5.74, 6) is -0.237. The van der Waals surface area contributed by atoms with Crippen LogP contribution in [0.1, 0.15) is 24.5 Å². The van der Waals surface area contributed by atoms with E-state index in [9.17, 15) is 9.50 Å². The molecule has 17 heavy (non-hydrogen) atoms. The lowest BCUT2D eigenvalue weighted by Crippen LogP contribution is -2.20. The SMILES string of the molecule is CNCC(O)c1ccc(N2CCCC2)c(F)c1. The number of aliphatic hydroxyl groups excluding tert-OH is 1. The summed E-state index contributed by atoms with van der Waals surface area (Å²) < 4.78 is 13.9. The second-order valence-corrected chi connectivity index (χ2v) is 4.48. The third-order valence-electron chi connectivity index (χ3n) is 3.20. The Kier molecular flexibility index (Phi) is 3.97. The molecule has 1 fully saturated rings. The first-order chi connectivity index (χ1) is 8.22. The molecule has 1 aliphatic heterocycles. The van der Waals surface area contributed by atoms with Crippen LogP contribution >= 0.6 is 0 Å². The van der Waals surface area contributed by atoms with Gasteiger partial charge in [-0.15, -0.1) is 0 Å². The number of rotatable bonds is 4. The molecule has 2 rings (SSSR count). The van der Waals surface area contributed by atoms with E-state index in [1.54, 1.807) is 19.2 Å². The van der Waals surface area contributed by atoms with E-state index < -0.39 is 6.10 Å². The normalized spacial score (nSPS) is 17.5. The molecule has 0 spiro atoms.